The van der Waals surface area contributed by atoms with Crippen molar-refractivity contribution in [3.05, 3.63) is 25.3 Å². The second-order valence-corrected chi connectivity index (χ2v) is 10.6. The zero-order valence-electron chi connectivity index (χ0n) is 19.2. The van der Waals surface area contributed by atoms with Crippen molar-refractivity contribution in [2.24, 2.45) is 11.8 Å². The monoisotopic (exact) mass is 464 g/mol. The molecule has 2 amide bonds. The third-order valence-electron chi connectivity index (χ3n) is 7.06. The molecule has 2 bridgehead atoms. The SMILES string of the molecule is C=CCCOC(=O)[C@@H]1[C@@H]2CCC3(S2)C(C(=O)N(CC=C)C(C)CCC)N(CCO)C(=O)[C@H]13. The van der Waals surface area contributed by atoms with Crippen LogP contribution in [0.25, 0.3) is 0 Å². The smallest absolute Gasteiger partial charge is 0.310 e. The molecule has 0 aromatic rings. The Morgan fingerprint density at radius 3 is 2.78 bits per heavy atom. The van der Waals surface area contributed by atoms with Crippen molar-refractivity contribution in [3.63, 3.8) is 0 Å². The highest BCUT2D eigenvalue weighted by atomic mass is 32.2. The van der Waals surface area contributed by atoms with Gasteiger partial charge in [-0.25, -0.2) is 0 Å². The molecule has 3 aliphatic heterocycles. The highest BCUT2D eigenvalue weighted by Gasteiger charge is 2.74. The van der Waals surface area contributed by atoms with Gasteiger partial charge in [-0.15, -0.1) is 24.9 Å². The molecule has 0 aliphatic carbocycles. The first-order valence-electron chi connectivity index (χ1n) is 11.7. The van der Waals surface area contributed by atoms with Gasteiger partial charge in [-0.05, 0) is 32.6 Å². The molecule has 0 radical (unpaired) electrons. The predicted molar refractivity (Wildman–Crippen MR) is 125 cm³/mol. The van der Waals surface area contributed by atoms with Crippen LogP contribution in [0.5, 0.6) is 0 Å². The van der Waals surface area contributed by atoms with Gasteiger partial charge in [-0.2, -0.15) is 0 Å². The summed E-state index contributed by atoms with van der Waals surface area (Å²) in [5, 5.41) is 9.66. The van der Waals surface area contributed by atoms with Crippen molar-refractivity contribution in [2.75, 3.05) is 26.3 Å². The Morgan fingerprint density at radius 2 is 2.16 bits per heavy atom. The van der Waals surface area contributed by atoms with Crippen molar-refractivity contribution in [1.29, 1.82) is 0 Å². The number of aliphatic hydroxyl groups excluding tert-OH is 1. The fraction of sp³-hybridized carbons (Fsp3) is 0.708. The van der Waals surface area contributed by atoms with Gasteiger partial charge in [0.2, 0.25) is 11.8 Å². The molecule has 178 valence electrons. The molecule has 32 heavy (non-hydrogen) atoms. The lowest BCUT2D eigenvalue weighted by Crippen LogP contribution is -2.56. The molecular formula is C24H36N2O5S. The standard InChI is InChI=1S/C24H36N2O5S/c1-5-8-15-31-23(30)18-17-10-11-24(32-17)19(18)21(28)26(13-14-27)20(24)22(29)25(12-7-3)16(4)9-6-2/h5,7,16-20,27H,1,3,6,8-15H2,2,4H3/t16?,17-,18+,19-,20?,24?/m0/s1. The molecule has 0 aromatic heterocycles. The van der Waals surface area contributed by atoms with Gasteiger partial charge < -0.3 is 19.6 Å². The Kier molecular flexibility index (Phi) is 8.09. The van der Waals surface area contributed by atoms with Gasteiger partial charge in [0.1, 0.15) is 6.04 Å². The number of ether oxygens (including phenoxy) is 1. The van der Waals surface area contributed by atoms with Crippen LogP contribution in [0, 0.1) is 11.8 Å². The molecule has 3 fully saturated rings. The average molecular weight is 465 g/mol. The quantitative estimate of drug-likeness (QED) is 0.271. The number of nitrogens with zero attached hydrogens (tertiary/aromatic N) is 2. The molecule has 3 unspecified atom stereocenters. The van der Waals surface area contributed by atoms with E-state index >= 15 is 0 Å². The summed E-state index contributed by atoms with van der Waals surface area (Å²) in [6.45, 7) is 12.1. The summed E-state index contributed by atoms with van der Waals surface area (Å²) in [5.41, 5.74) is 0. The van der Waals surface area contributed by atoms with Crippen molar-refractivity contribution in [1.82, 2.24) is 9.80 Å². The van der Waals surface area contributed by atoms with Crippen LogP contribution in [-0.4, -0.2) is 81.1 Å². The summed E-state index contributed by atoms with van der Waals surface area (Å²) in [4.78, 5) is 43.8. The summed E-state index contributed by atoms with van der Waals surface area (Å²) >= 11 is 1.62. The maximum Gasteiger partial charge on any atom is 0.310 e. The predicted octanol–water partition coefficient (Wildman–Crippen LogP) is 2.39. The van der Waals surface area contributed by atoms with Crippen LogP contribution in [-0.2, 0) is 19.1 Å². The number of hydrogen-bond donors (Lipinski definition) is 1. The third kappa shape index (κ3) is 4.12. The average Bonchev–Trinajstić information content (AvgIpc) is 3.40. The number of amides is 2. The third-order valence-corrected chi connectivity index (χ3v) is 9.01. The zero-order valence-corrected chi connectivity index (χ0v) is 20.0. The van der Waals surface area contributed by atoms with Crippen LogP contribution < -0.4 is 0 Å². The van der Waals surface area contributed by atoms with Crippen LogP contribution in [0.4, 0.5) is 0 Å². The summed E-state index contributed by atoms with van der Waals surface area (Å²) < 4.78 is 4.82. The molecule has 3 heterocycles. The molecule has 0 aromatic carbocycles. The Morgan fingerprint density at radius 1 is 1.41 bits per heavy atom. The summed E-state index contributed by atoms with van der Waals surface area (Å²) in [7, 11) is 0. The largest absolute Gasteiger partial charge is 0.465 e. The van der Waals surface area contributed by atoms with Gasteiger partial charge in [0.05, 0.1) is 29.8 Å². The number of likely N-dealkylation sites (tertiary alicyclic amines) is 1. The molecule has 8 heteroatoms. The van der Waals surface area contributed by atoms with Crippen LogP contribution in [0.2, 0.25) is 0 Å². The molecule has 3 rings (SSSR count). The number of carbonyl (C=O) groups excluding carboxylic acids is 3. The van der Waals surface area contributed by atoms with Gasteiger partial charge in [0, 0.05) is 24.4 Å². The Labute approximate surface area is 195 Å². The minimum Gasteiger partial charge on any atom is -0.465 e. The number of rotatable bonds is 12. The highest BCUT2D eigenvalue weighted by Crippen LogP contribution is 2.66. The fourth-order valence-electron chi connectivity index (χ4n) is 5.74. The van der Waals surface area contributed by atoms with E-state index in [1.165, 1.54) is 4.90 Å². The number of aliphatic hydroxyl groups is 1. The summed E-state index contributed by atoms with van der Waals surface area (Å²) in [6.07, 6.45) is 7.24. The van der Waals surface area contributed by atoms with Crippen LogP contribution in [0.15, 0.2) is 25.3 Å². The number of esters is 1. The lowest BCUT2D eigenvalue weighted by molar-refractivity contribution is -0.154. The van der Waals surface area contributed by atoms with Crippen LogP contribution in [0.3, 0.4) is 0 Å². The van der Waals surface area contributed by atoms with Gasteiger partial charge in [0.15, 0.2) is 0 Å². The summed E-state index contributed by atoms with van der Waals surface area (Å²) in [6, 6.07) is -0.678. The van der Waals surface area contributed by atoms with E-state index in [1.807, 2.05) is 6.92 Å². The second kappa shape index (κ2) is 10.4. The second-order valence-electron chi connectivity index (χ2n) is 8.97. The first kappa shape index (κ1) is 24.8. The maximum absolute atomic E-state index is 14.0. The molecule has 0 saturated carbocycles. The van der Waals surface area contributed by atoms with E-state index in [0.29, 0.717) is 19.4 Å². The van der Waals surface area contributed by atoms with Gasteiger partial charge in [0.25, 0.3) is 0 Å². The van der Waals surface area contributed by atoms with E-state index in [1.54, 1.807) is 28.8 Å². The van der Waals surface area contributed by atoms with Gasteiger partial charge in [-0.3, -0.25) is 14.4 Å². The van der Waals surface area contributed by atoms with Crippen molar-refractivity contribution >= 4 is 29.5 Å². The highest BCUT2D eigenvalue weighted by molar-refractivity contribution is 8.02. The lowest BCUT2D eigenvalue weighted by atomic mass is 9.71. The zero-order chi connectivity index (χ0) is 23.5. The summed E-state index contributed by atoms with van der Waals surface area (Å²) in [5.74, 6) is -1.81. The number of β-amino-alcohol motifs (C(OH)–C–C–N with tert-alkyl or cyclic N) is 1. The molecule has 7 nitrogen and oxygen atoms in total. The number of fused-ring (bicyclic) bond motifs is 1. The van der Waals surface area contributed by atoms with Crippen LogP contribution >= 0.6 is 11.8 Å². The van der Waals surface area contributed by atoms with Crippen LogP contribution in [0.1, 0.15) is 46.0 Å². The van der Waals surface area contributed by atoms with E-state index in [0.717, 1.165) is 19.3 Å². The molecule has 1 spiro atoms. The normalized spacial score (nSPS) is 31.3. The van der Waals surface area contributed by atoms with E-state index in [9.17, 15) is 19.5 Å². The van der Waals surface area contributed by atoms with Gasteiger partial charge >= 0.3 is 5.97 Å². The Bertz CT molecular complexity index is 759. The molecule has 3 aliphatic rings. The Balaban J connectivity index is 1.95. The van der Waals surface area contributed by atoms with Crippen molar-refractivity contribution in [2.45, 2.75) is 68.0 Å². The lowest BCUT2D eigenvalue weighted by Gasteiger charge is -2.39. The Hall–Kier alpha value is -1.80. The maximum atomic E-state index is 14.0. The van der Waals surface area contributed by atoms with E-state index in [4.69, 9.17) is 4.74 Å². The fourth-order valence-corrected chi connectivity index (χ4v) is 7.95. The minimum absolute atomic E-state index is 0.00953. The van der Waals surface area contributed by atoms with E-state index in [-0.39, 0.29) is 48.8 Å². The molecule has 3 saturated heterocycles. The first-order valence-corrected chi connectivity index (χ1v) is 12.5. The number of carbonyl (C=O) groups is 3. The molecule has 1 N–H and O–H groups in total. The molecular weight excluding hydrogens is 428 g/mol. The number of hydrogen-bond acceptors (Lipinski definition) is 6. The first-order chi connectivity index (χ1) is 15.4. The minimum atomic E-state index is -0.688. The number of thioether (sulfide) groups is 1. The van der Waals surface area contributed by atoms with E-state index < -0.39 is 22.6 Å². The van der Waals surface area contributed by atoms with Gasteiger partial charge in [-0.1, -0.05) is 25.5 Å². The van der Waals surface area contributed by atoms with Crippen molar-refractivity contribution in [3.8, 4) is 0 Å². The molecule has 6 atom stereocenters. The van der Waals surface area contributed by atoms with E-state index in [2.05, 4.69) is 20.1 Å². The van der Waals surface area contributed by atoms with Crippen molar-refractivity contribution < 1.29 is 24.2 Å². The topological polar surface area (TPSA) is 87.2 Å².